The number of hydrogen-bond acceptors (Lipinski definition) is 5. The van der Waals surface area contributed by atoms with Crippen LogP contribution >= 0.6 is 0 Å². The van der Waals surface area contributed by atoms with Gasteiger partial charge in [-0.2, -0.15) is 4.72 Å². The summed E-state index contributed by atoms with van der Waals surface area (Å²) in [6.45, 7) is 3.41. The van der Waals surface area contributed by atoms with Crippen LogP contribution in [0.25, 0.3) is 10.9 Å². The molecule has 2 N–H and O–H groups in total. The normalized spacial score (nSPS) is 15.8. The van der Waals surface area contributed by atoms with E-state index >= 15 is 0 Å². The average Bonchev–Trinajstić information content (AvgIpc) is 3.35. The molecule has 0 aliphatic carbocycles. The zero-order valence-corrected chi connectivity index (χ0v) is 20.8. The topological polar surface area (TPSA) is 109 Å². The second-order valence-corrected chi connectivity index (χ2v) is 10.8. The van der Waals surface area contributed by atoms with Crippen molar-refractivity contribution in [1.82, 2.24) is 14.6 Å². The monoisotopic (exact) mass is 497 g/mol. The SMILES string of the molecule is COC(=O)c1ccc(CCC(NS(=O)(=O)c2cccc3[nH]ccc23)C(=O)N2CCC(C)CC2)cc1. The molecule has 1 fully saturated rings. The molecular weight excluding hydrogens is 466 g/mol. The molecule has 0 spiro atoms. The first-order chi connectivity index (χ1) is 16.8. The fourth-order valence-corrected chi connectivity index (χ4v) is 5.91. The number of ether oxygens (including phenoxy) is 1. The van der Waals surface area contributed by atoms with E-state index in [0.29, 0.717) is 48.3 Å². The number of nitrogens with zero attached hydrogens (tertiary/aromatic N) is 1. The maximum atomic E-state index is 13.5. The highest BCUT2D eigenvalue weighted by Gasteiger charge is 2.31. The number of fused-ring (bicyclic) bond motifs is 1. The number of carbonyl (C=O) groups is 2. The Morgan fingerprint density at radius 2 is 1.83 bits per heavy atom. The molecule has 3 aromatic rings. The number of sulfonamides is 1. The maximum absolute atomic E-state index is 13.5. The lowest BCUT2D eigenvalue weighted by Crippen LogP contribution is -2.50. The van der Waals surface area contributed by atoms with E-state index < -0.39 is 22.0 Å². The molecule has 1 amide bonds. The molecule has 35 heavy (non-hydrogen) atoms. The summed E-state index contributed by atoms with van der Waals surface area (Å²) in [5.41, 5.74) is 2.05. The van der Waals surface area contributed by atoms with E-state index in [-0.39, 0.29) is 10.8 Å². The van der Waals surface area contributed by atoms with Gasteiger partial charge in [-0.15, -0.1) is 0 Å². The Morgan fingerprint density at radius 3 is 2.51 bits per heavy atom. The second kappa shape index (κ2) is 10.6. The summed E-state index contributed by atoms with van der Waals surface area (Å²) < 4.78 is 34.3. The van der Waals surface area contributed by atoms with Crippen LogP contribution < -0.4 is 4.72 Å². The van der Waals surface area contributed by atoms with Crippen LogP contribution in [0, 0.1) is 5.92 Å². The van der Waals surface area contributed by atoms with Crippen molar-refractivity contribution < 1.29 is 22.7 Å². The number of amides is 1. The molecule has 0 radical (unpaired) electrons. The minimum absolute atomic E-state index is 0.142. The van der Waals surface area contributed by atoms with Gasteiger partial charge >= 0.3 is 5.97 Å². The number of aryl methyl sites for hydroxylation is 1. The first kappa shape index (κ1) is 24.9. The number of carbonyl (C=O) groups excluding carboxylic acids is 2. The standard InChI is InChI=1S/C26H31N3O5S/c1-18-13-16-29(17-14-18)25(30)23(11-8-19-6-9-20(10-7-19)26(31)34-2)28-35(32,33)24-5-3-4-22-21(24)12-15-27-22/h3-7,9-10,12,15,18,23,27-28H,8,11,13-14,16-17H2,1-2H3. The van der Waals surface area contributed by atoms with Gasteiger partial charge in [0.15, 0.2) is 0 Å². The van der Waals surface area contributed by atoms with Crippen molar-refractivity contribution in [2.24, 2.45) is 5.92 Å². The largest absolute Gasteiger partial charge is 0.465 e. The van der Waals surface area contributed by atoms with Crippen LogP contribution in [-0.2, 0) is 26.0 Å². The number of H-pyrrole nitrogens is 1. The molecule has 9 heteroatoms. The third kappa shape index (κ3) is 5.74. The Morgan fingerprint density at radius 1 is 1.11 bits per heavy atom. The number of aromatic amines is 1. The highest BCUT2D eigenvalue weighted by molar-refractivity contribution is 7.89. The van der Waals surface area contributed by atoms with Gasteiger partial charge in [0.25, 0.3) is 0 Å². The smallest absolute Gasteiger partial charge is 0.337 e. The highest BCUT2D eigenvalue weighted by Crippen LogP contribution is 2.24. The van der Waals surface area contributed by atoms with Crippen LogP contribution in [0.5, 0.6) is 0 Å². The van der Waals surface area contributed by atoms with Gasteiger partial charge in [0.05, 0.1) is 17.6 Å². The Labute approximate surface area is 205 Å². The van der Waals surface area contributed by atoms with Crippen molar-refractivity contribution in [3.8, 4) is 0 Å². The number of nitrogens with one attached hydrogen (secondary N) is 2. The molecular formula is C26H31N3O5S. The van der Waals surface area contributed by atoms with Gasteiger partial charge in [-0.25, -0.2) is 13.2 Å². The van der Waals surface area contributed by atoms with Crippen molar-refractivity contribution in [3.05, 3.63) is 65.9 Å². The van der Waals surface area contributed by atoms with Gasteiger partial charge in [-0.1, -0.05) is 25.1 Å². The van der Waals surface area contributed by atoms with Crippen molar-refractivity contribution in [2.75, 3.05) is 20.2 Å². The van der Waals surface area contributed by atoms with Crippen LogP contribution in [0.2, 0.25) is 0 Å². The molecule has 1 saturated heterocycles. The lowest BCUT2D eigenvalue weighted by molar-refractivity contribution is -0.134. The number of aromatic nitrogens is 1. The van der Waals surface area contributed by atoms with Gasteiger partial charge in [-0.3, -0.25) is 4.79 Å². The molecule has 1 aliphatic rings. The predicted molar refractivity (Wildman–Crippen MR) is 133 cm³/mol. The predicted octanol–water partition coefficient (Wildman–Crippen LogP) is 3.49. The molecule has 1 atom stereocenters. The molecule has 2 aromatic carbocycles. The number of benzene rings is 2. The zero-order valence-electron chi connectivity index (χ0n) is 20.0. The summed E-state index contributed by atoms with van der Waals surface area (Å²) in [6.07, 6.45) is 4.27. The highest BCUT2D eigenvalue weighted by atomic mass is 32.2. The summed E-state index contributed by atoms with van der Waals surface area (Å²) in [5, 5.41) is 0.580. The number of rotatable bonds is 8. The molecule has 1 unspecified atom stereocenters. The molecule has 0 bridgehead atoms. The molecule has 2 heterocycles. The lowest BCUT2D eigenvalue weighted by atomic mass is 9.97. The molecule has 1 aromatic heterocycles. The van der Waals surface area contributed by atoms with E-state index in [4.69, 9.17) is 4.74 Å². The van der Waals surface area contributed by atoms with Gasteiger partial charge in [0.1, 0.15) is 6.04 Å². The molecule has 0 saturated carbocycles. The Bertz CT molecular complexity index is 1290. The minimum Gasteiger partial charge on any atom is -0.465 e. The van der Waals surface area contributed by atoms with Gasteiger partial charge in [-0.05, 0) is 67.5 Å². The van der Waals surface area contributed by atoms with E-state index in [2.05, 4.69) is 16.6 Å². The quantitative estimate of drug-likeness (QED) is 0.463. The van der Waals surface area contributed by atoms with Crippen LogP contribution in [0.1, 0.15) is 42.1 Å². The number of hydrogen-bond donors (Lipinski definition) is 2. The van der Waals surface area contributed by atoms with Gasteiger partial charge < -0.3 is 14.6 Å². The number of methoxy groups -OCH3 is 1. The van der Waals surface area contributed by atoms with E-state index in [1.807, 2.05) is 6.07 Å². The number of likely N-dealkylation sites (tertiary alicyclic amines) is 1. The molecule has 1 aliphatic heterocycles. The minimum atomic E-state index is -3.95. The molecule has 4 rings (SSSR count). The summed E-state index contributed by atoms with van der Waals surface area (Å²) in [5.74, 6) is -0.0720. The average molecular weight is 498 g/mol. The summed E-state index contributed by atoms with van der Waals surface area (Å²) in [4.78, 5) is 30.1. The lowest BCUT2D eigenvalue weighted by Gasteiger charge is -2.33. The van der Waals surface area contributed by atoms with Crippen molar-refractivity contribution in [1.29, 1.82) is 0 Å². The van der Waals surface area contributed by atoms with Crippen LogP contribution in [0.15, 0.2) is 59.6 Å². The summed E-state index contributed by atoms with van der Waals surface area (Å²) in [7, 11) is -2.63. The second-order valence-electron chi connectivity index (χ2n) is 9.10. The van der Waals surface area contributed by atoms with Crippen molar-refractivity contribution in [3.63, 3.8) is 0 Å². The van der Waals surface area contributed by atoms with E-state index in [1.54, 1.807) is 53.6 Å². The van der Waals surface area contributed by atoms with E-state index in [1.165, 1.54) is 7.11 Å². The maximum Gasteiger partial charge on any atom is 0.337 e. The Kier molecular flexibility index (Phi) is 7.57. The third-order valence-corrected chi connectivity index (χ3v) is 8.16. The Hall–Kier alpha value is -3.17. The van der Waals surface area contributed by atoms with Gasteiger partial charge in [0.2, 0.25) is 15.9 Å². The Balaban J connectivity index is 1.55. The van der Waals surface area contributed by atoms with Crippen molar-refractivity contribution in [2.45, 2.75) is 43.5 Å². The molecule has 186 valence electrons. The third-order valence-electron chi connectivity index (χ3n) is 6.63. The number of piperidine rings is 1. The van der Waals surface area contributed by atoms with Crippen LogP contribution in [-0.4, -0.2) is 56.4 Å². The first-order valence-corrected chi connectivity index (χ1v) is 13.3. The fraction of sp³-hybridized carbons (Fsp3) is 0.385. The number of esters is 1. The summed E-state index contributed by atoms with van der Waals surface area (Å²) in [6, 6.07) is 12.8. The van der Waals surface area contributed by atoms with E-state index in [9.17, 15) is 18.0 Å². The zero-order chi connectivity index (χ0) is 25.0. The van der Waals surface area contributed by atoms with Gasteiger partial charge in [0, 0.05) is 30.2 Å². The van der Waals surface area contributed by atoms with Crippen LogP contribution in [0.3, 0.4) is 0 Å². The van der Waals surface area contributed by atoms with Crippen LogP contribution in [0.4, 0.5) is 0 Å². The fourth-order valence-electron chi connectivity index (χ4n) is 4.46. The molecule has 8 nitrogen and oxygen atoms in total. The van der Waals surface area contributed by atoms with Crippen molar-refractivity contribution >= 4 is 32.8 Å². The first-order valence-electron chi connectivity index (χ1n) is 11.8. The summed E-state index contributed by atoms with van der Waals surface area (Å²) >= 11 is 0. The van der Waals surface area contributed by atoms with E-state index in [0.717, 1.165) is 18.4 Å².